The Morgan fingerprint density at radius 3 is 1.97 bits per heavy atom. The van der Waals surface area contributed by atoms with Crippen LogP contribution in [0.4, 0.5) is 15.3 Å². The first kappa shape index (κ1) is 40.0. The number of alkyl carbamates (subject to hydrolysis) is 2. The number of ether oxygens (including phenoxy) is 2. The molecule has 7 rings (SSSR count). The van der Waals surface area contributed by atoms with Gasteiger partial charge >= 0.3 is 12.2 Å². The summed E-state index contributed by atoms with van der Waals surface area (Å²) < 4.78 is 9.59. The normalized spacial score (nSPS) is 18.4. The summed E-state index contributed by atoms with van der Waals surface area (Å²) in [5.41, 5.74) is 8.92. The zero-order valence-corrected chi connectivity index (χ0v) is 33.8. The second-order valence-electron chi connectivity index (χ2n) is 15.8. The summed E-state index contributed by atoms with van der Waals surface area (Å²) in [6.07, 6.45) is 5.32. The quantitative estimate of drug-likeness (QED) is 0.144. The molecule has 4 heterocycles. The first-order chi connectivity index (χ1) is 28.0. The molecule has 3 aromatic carbocycles. The van der Waals surface area contributed by atoms with E-state index >= 15 is 0 Å². The first-order valence-corrected chi connectivity index (χ1v) is 19.9. The number of rotatable bonds is 11. The summed E-state index contributed by atoms with van der Waals surface area (Å²) in [4.78, 5) is 68.4. The number of para-hydroxylation sites is 1. The maximum atomic E-state index is 14.1. The van der Waals surface area contributed by atoms with Gasteiger partial charge in [0.2, 0.25) is 5.91 Å². The number of aliphatic imine (C=N–C) groups is 1. The van der Waals surface area contributed by atoms with Gasteiger partial charge in [-0.25, -0.2) is 14.6 Å². The lowest BCUT2D eigenvalue weighted by atomic mass is 9.95. The Bertz CT molecular complexity index is 2230. The smallest absolute Gasteiger partial charge is 0.407 e. The standard InChI is InChI=1S/C45H51N7O6/c1-26(2)39(49-44(55)57-5)42(53)51-21-9-12-37(51)41-47-25-35(48-41)31-19-17-29(18-20-31)28-13-15-30(16-14-28)33-22-34(46-24-33)38-23-32-10-7-8-11-36(32)52(38)43(54)40(27(3)4)50-45(56)58-6/h7-8,10-11,13-20,24-27,37-40H,9,12,21-23H2,1-6H3,(H,47,48)(H,49,55)(H,50,56)/t37-,38-,39-,40-/m0/s1. The SMILES string of the molecule is COC(=O)N[C@H](C(=O)N1CCC[C@H]1c1ncc(-c2ccc(-c3ccc(C4=CN=C([C@@H]5Cc6ccccc6N5C(=O)[C@@H](NC(=O)OC)C(C)C)C4)cc3)cc2)[nH]1)C(C)C. The van der Waals surface area contributed by atoms with Gasteiger partial charge < -0.3 is 34.9 Å². The number of anilines is 1. The van der Waals surface area contributed by atoms with Crippen LogP contribution >= 0.6 is 0 Å². The van der Waals surface area contributed by atoms with Crippen molar-refractivity contribution in [1.82, 2.24) is 25.5 Å². The topological polar surface area (TPSA) is 158 Å². The van der Waals surface area contributed by atoms with Gasteiger partial charge in [-0.1, -0.05) is 94.4 Å². The van der Waals surface area contributed by atoms with Crippen LogP contribution in [0.3, 0.4) is 0 Å². The molecule has 3 aliphatic rings. The zero-order valence-electron chi connectivity index (χ0n) is 33.8. The van der Waals surface area contributed by atoms with Crippen molar-refractivity contribution in [3.8, 4) is 22.4 Å². The number of nitrogens with zero attached hydrogens (tertiary/aromatic N) is 4. The number of allylic oxidation sites excluding steroid dienone is 1. The van der Waals surface area contributed by atoms with E-state index in [2.05, 4.69) is 69.1 Å². The number of H-pyrrole nitrogens is 1. The van der Waals surface area contributed by atoms with E-state index in [1.807, 2.05) is 68.0 Å². The fraction of sp³-hybridized carbons (Fsp3) is 0.378. The monoisotopic (exact) mass is 785 g/mol. The number of methoxy groups -OCH3 is 2. The fourth-order valence-electron chi connectivity index (χ4n) is 8.17. The lowest BCUT2D eigenvalue weighted by Gasteiger charge is -2.31. The minimum Gasteiger partial charge on any atom is -0.453 e. The molecular weight excluding hydrogens is 735 g/mol. The molecule has 0 radical (unpaired) electrons. The predicted molar refractivity (Wildman–Crippen MR) is 223 cm³/mol. The number of hydrogen-bond donors (Lipinski definition) is 3. The highest BCUT2D eigenvalue weighted by Crippen LogP contribution is 2.38. The van der Waals surface area contributed by atoms with Gasteiger partial charge in [0.25, 0.3) is 5.91 Å². The van der Waals surface area contributed by atoms with Crippen molar-refractivity contribution >= 4 is 41.0 Å². The van der Waals surface area contributed by atoms with E-state index in [0.29, 0.717) is 19.4 Å². The Hall–Kier alpha value is -6.24. The number of nitrogens with one attached hydrogen (secondary N) is 3. The molecule has 1 aromatic heterocycles. The van der Waals surface area contributed by atoms with Gasteiger partial charge in [-0.2, -0.15) is 0 Å². The van der Waals surface area contributed by atoms with Gasteiger partial charge in [0, 0.05) is 37.0 Å². The third-order valence-corrected chi connectivity index (χ3v) is 11.4. The van der Waals surface area contributed by atoms with Crippen LogP contribution in [0.2, 0.25) is 0 Å². The molecule has 0 saturated carbocycles. The minimum absolute atomic E-state index is 0.107. The van der Waals surface area contributed by atoms with Gasteiger partial charge in [-0.3, -0.25) is 14.6 Å². The van der Waals surface area contributed by atoms with Crippen molar-refractivity contribution in [3.63, 3.8) is 0 Å². The van der Waals surface area contributed by atoms with Gasteiger partial charge in [0.05, 0.1) is 38.2 Å². The molecule has 302 valence electrons. The Balaban J connectivity index is 1.00. The van der Waals surface area contributed by atoms with E-state index in [-0.39, 0.29) is 35.7 Å². The van der Waals surface area contributed by atoms with E-state index in [1.165, 1.54) is 14.2 Å². The van der Waals surface area contributed by atoms with Crippen molar-refractivity contribution in [3.05, 3.63) is 102 Å². The van der Waals surface area contributed by atoms with E-state index in [1.54, 1.807) is 6.20 Å². The average molecular weight is 786 g/mol. The van der Waals surface area contributed by atoms with Crippen molar-refractivity contribution in [1.29, 1.82) is 0 Å². The Morgan fingerprint density at radius 2 is 1.34 bits per heavy atom. The second kappa shape index (κ2) is 17.1. The number of aromatic nitrogens is 2. The molecule has 13 nitrogen and oxygen atoms in total. The molecule has 0 aliphatic carbocycles. The zero-order chi connectivity index (χ0) is 41.1. The third kappa shape index (κ3) is 8.11. The maximum Gasteiger partial charge on any atom is 0.407 e. The Morgan fingerprint density at radius 1 is 0.759 bits per heavy atom. The van der Waals surface area contributed by atoms with Crippen molar-refractivity contribution < 1.29 is 28.7 Å². The molecule has 0 unspecified atom stereocenters. The van der Waals surface area contributed by atoms with Crippen LogP contribution in [0.25, 0.3) is 28.0 Å². The molecule has 58 heavy (non-hydrogen) atoms. The lowest BCUT2D eigenvalue weighted by molar-refractivity contribution is -0.135. The maximum absolute atomic E-state index is 14.1. The molecule has 3 N–H and O–H groups in total. The highest BCUT2D eigenvalue weighted by Gasteiger charge is 2.42. The van der Waals surface area contributed by atoms with E-state index in [9.17, 15) is 19.2 Å². The molecule has 4 amide bonds. The Kier molecular flexibility index (Phi) is 11.8. The summed E-state index contributed by atoms with van der Waals surface area (Å²) in [7, 11) is 2.58. The van der Waals surface area contributed by atoms with Crippen LogP contribution in [0.1, 0.15) is 70.0 Å². The summed E-state index contributed by atoms with van der Waals surface area (Å²) in [5.74, 6) is 0.139. The molecular formula is C45H51N7O6. The fourth-order valence-corrected chi connectivity index (χ4v) is 8.17. The predicted octanol–water partition coefficient (Wildman–Crippen LogP) is 7.31. The van der Waals surface area contributed by atoms with Gasteiger partial charge in [0.1, 0.15) is 17.9 Å². The van der Waals surface area contributed by atoms with Crippen LogP contribution in [0, 0.1) is 11.8 Å². The minimum atomic E-state index is -0.754. The molecule has 3 aliphatic heterocycles. The summed E-state index contributed by atoms with van der Waals surface area (Å²) in [6.45, 7) is 8.21. The third-order valence-electron chi connectivity index (χ3n) is 11.4. The second-order valence-corrected chi connectivity index (χ2v) is 15.8. The molecule has 0 bridgehead atoms. The molecule has 0 spiro atoms. The number of carbonyl (C=O) groups excluding carboxylic acids is 4. The molecule has 1 saturated heterocycles. The molecule has 4 atom stereocenters. The van der Waals surface area contributed by atoms with Crippen LogP contribution in [0.5, 0.6) is 0 Å². The summed E-state index contributed by atoms with van der Waals surface area (Å²) in [5, 5.41) is 5.44. The highest BCUT2D eigenvalue weighted by molar-refractivity contribution is 6.11. The number of imidazole rings is 1. The van der Waals surface area contributed by atoms with Crippen molar-refractivity contribution in [2.45, 2.75) is 77.5 Å². The van der Waals surface area contributed by atoms with Gasteiger partial charge in [-0.15, -0.1) is 0 Å². The molecule has 1 fully saturated rings. The first-order valence-electron chi connectivity index (χ1n) is 19.9. The number of aromatic amines is 1. The number of likely N-dealkylation sites (tertiary alicyclic amines) is 1. The Labute approximate surface area is 338 Å². The number of carbonyl (C=O) groups is 4. The summed E-state index contributed by atoms with van der Waals surface area (Å²) >= 11 is 0. The van der Waals surface area contributed by atoms with E-state index in [4.69, 9.17) is 14.5 Å². The van der Waals surface area contributed by atoms with Crippen LogP contribution < -0.4 is 15.5 Å². The van der Waals surface area contributed by atoms with Gasteiger partial charge in [0.15, 0.2) is 0 Å². The number of hydrogen-bond acceptors (Lipinski definition) is 8. The van der Waals surface area contributed by atoms with Gasteiger partial charge in [-0.05, 0) is 64.1 Å². The number of fused-ring (bicyclic) bond motifs is 1. The van der Waals surface area contributed by atoms with Crippen LogP contribution in [0.15, 0.2) is 90.2 Å². The van der Waals surface area contributed by atoms with E-state index < -0.39 is 24.3 Å². The number of amides is 4. The molecule has 4 aromatic rings. The lowest BCUT2D eigenvalue weighted by Crippen LogP contribution is -2.54. The van der Waals surface area contributed by atoms with E-state index in [0.717, 1.165) is 69.1 Å². The largest absolute Gasteiger partial charge is 0.453 e. The summed E-state index contributed by atoms with van der Waals surface area (Å²) in [6, 6.07) is 22.7. The van der Waals surface area contributed by atoms with Crippen LogP contribution in [-0.4, -0.2) is 83.5 Å². The van der Waals surface area contributed by atoms with Crippen molar-refractivity contribution in [2.24, 2.45) is 16.8 Å². The van der Waals surface area contributed by atoms with Crippen molar-refractivity contribution in [2.75, 3.05) is 25.7 Å². The molecule has 13 heteroatoms. The highest BCUT2D eigenvalue weighted by atomic mass is 16.5. The number of benzene rings is 3. The average Bonchev–Trinajstić information content (AvgIpc) is 4.07. The van der Waals surface area contributed by atoms with Crippen LogP contribution in [-0.2, 0) is 25.5 Å².